The minimum atomic E-state index is 0.144. The van der Waals surface area contributed by atoms with Crippen molar-refractivity contribution in [3.05, 3.63) is 58.7 Å². The van der Waals surface area contributed by atoms with Gasteiger partial charge in [-0.05, 0) is 70.9 Å². The van der Waals surface area contributed by atoms with Crippen molar-refractivity contribution in [2.24, 2.45) is 5.41 Å². The van der Waals surface area contributed by atoms with Crippen LogP contribution in [0.3, 0.4) is 0 Å². The van der Waals surface area contributed by atoms with E-state index in [2.05, 4.69) is 65.8 Å². The van der Waals surface area contributed by atoms with Crippen LogP contribution >= 0.6 is 0 Å². The second-order valence-corrected chi connectivity index (χ2v) is 9.01. The topological polar surface area (TPSA) is 40.5 Å². The van der Waals surface area contributed by atoms with Gasteiger partial charge in [0.1, 0.15) is 11.5 Å². The molecular weight excluding hydrogens is 332 g/mol. The summed E-state index contributed by atoms with van der Waals surface area (Å²) in [6, 6.07) is 12.1. The highest BCUT2D eigenvalue weighted by Crippen LogP contribution is 2.36. The van der Waals surface area contributed by atoms with E-state index in [9.17, 15) is 10.2 Å². The number of hydrogen-bond donors (Lipinski definition) is 2. The number of phenols is 2. The predicted molar refractivity (Wildman–Crippen MR) is 115 cm³/mol. The minimum Gasteiger partial charge on any atom is -0.508 e. The van der Waals surface area contributed by atoms with Crippen molar-refractivity contribution < 1.29 is 10.2 Å². The van der Waals surface area contributed by atoms with Crippen molar-refractivity contribution in [1.82, 2.24) is 0 Å². The van der Waals surface area contributed by atoms with Gasteiger partial charge < -0.3 is 10.2 Å². The lowest BCUT2D eigenvalue weighted by Crippen LogP contribution is -2.23. The van der Waals surface area contributed by atoms with Crippen LogP contribution < -0.4 is 0 Å². The summed E-state index contributed by atoms with van der Waals surface area (Å²) < 4.78 is 0. The molecule has 2 heteroatoms. The molecule has 2 nitrogen and oxygen atoms in total. The summed E-state index contributed by atoms with van der Waals surface area (Å²) in [5.74, 6) is 1.42. The highest BCUT2D eigenvalue weighted by atomic mass is 16.3. The first kappa shape index (κ1) is 21.3. The minimum absolute atomic E-state index is 0.144. The van der Waals surface area contributed by atoms with Crippen molar-refractivity contribution in [1.29, 1.82) is 0 Å². The molecule has 0 atom stereocenters. The molecule has 0 aliphatic heterocycles. The Morgan fingerprint density at radius 2 is 1.19 bits per heavy atom. The molecular formula is C25H36O2. The third-order valence-corrected chi connectivity index (χ3v) is 5.54. The first-order chi connectivity index (χ1) is 12.6. The van der Waals surface area contributed by atoms with E-state index in [1.165, 1.54) is 11.1 Å². The van der Waals surface area contributed by atoms with Crippen LogP contribution in [0.15, 0.2) is 36.4 Å². The molecule has 148 valence electrons. The lowest BCUT2D eigenvalue weighted by Gasteiger charge is -2.30. The fourth-order valence-electron chi connectivity index (χ4n) is 4.18. The van der Waals surface area contributed by atoms with Crippen molar-refractivity contribution in [2.75, 3.05) is 0 Å². The predicted octanol–water partition coefficient (Wildman–Crippen LogP) is 6.94. The van der Waals surface area contributed by atoms with E-state index in [0.717, 1.165) is 36.8 Å². The summed E-state index contributed by atoms with van der Waals surface area (Å²) >= 11 is 0. The Kier molecular flexibility index (Phi) is 6.97. The second kappa shape index (κ2) is 8.82. The molecule has 2 aromatic rings. The van der Waals surface area contributed by atoms with Crippen LogP contribution in [0.4, 0.5) is 0 Å². The summed E-state index contributed by atoms with van der Waals surface area (Å²) in [7, 11) is 0. The zero-order chi connectivity index (χ0) is 20.2. The van der Waals surface area contributed by atoms with Crippen molar-refractivity contribution >= 4 is 0 Å². The van der Waals surface area contributed by atoms with Gasteiger partial charge in [-0.2, -0.15) is 0 Å². The van der Waals surface area contributed by atoms with E-state index < -0.39 is 0 Å². The Morgan fingerprint density at radius 3 is 1.52 bits per heavy atom. The average molecular weight is 369 g/mol. The SMILES string of the molecule is CCCC(C)(Cc1ccc(O)c(C(C)C)c1)Cc1ccc(O)c(C(C)C)c1. The number of phenolic OH excluding ortho intramolecular Hbond substituents is 2. The summed E-state index contributed by atoms with van der Waals surface area (Å²) in [6.45, 7) is 13.1. The Hall–Kier alpha value is -1.96. The van der Waals surface area contributed by atoms with Crippen LogP contribution in [0.1, 0.15) is 88.5 Å². The fraction of sp³-hybridized carbons (Fsp3) is 0.520. The molecule has 0 amide bonds. The molecule has 0 bridgehead atoms. The van der Waals surface area contributed by atoms with E-state index in [1.54, 1.807) is 0 Å². The maximum atomic E-state index is 10.1. The lowest BCUT2D eigenvalue weighted by molar-refractivity contribution is 0.288. The van der Waals surface area contributed by atoms with Gasteiger partial charge in [-0.3, -0.25) is 0 Å². The Morgan fingerprint density at radius 1 is 0.778 bits per heavy atom. The Labute approximate surface area is 165 Å². The van der Waals surface area contributed by atoms with Crippen molar-refractivity contribution in [3.8, 4) is 11.5 Å². The lowest BCUT2D eigenvalue weighted by atomic mass is 9.74. The first-order valence-corrected chi connectivity index (χ1v) is 10.3. The summed E-state index contributed by atoms with van der Waals surface area (Å²) in [5.41, 5.74) is 4.77. The fourth-order valence-corrected chi connectivity index (χ4v) is 4.18. The van der Waals surface area contributed by atoms with Crippen molar-refractivity contribution in [2.45, 2.75) is 79.1 Å². The molecule has 2 N–H and O–H groups in total. The largest absolute Gasteiger partial charge is 0.508 e. The van der Waals surface area contributed by atoms with E-state index in [0.29, 0.717) is 23.3 Å². The molecule has 2 aromatic carbocycles. The molecule has 0 aliphatic carbocycles. The first-order valence-electron chi connectivity index (χ1n) is 10.3. The van der Waals surface area contributed by atoms with Gasteiger partial charge in [-0.15, -0.1) is 0 Å². The van der Waals surface area contributed by atoms with Gasteiger partial charge in [-0.1, -0.05) is 72.2 Å². The van der Waals surface area contributed by atoms with Gasteiger partial charge in [0.05, 0.1) is 0 Å². The summed E-state index contributed by atoms with van der Waals surface area (Å²) in [5, 5.41) is 20.3. The van der Waals surface area contributed by atoms with Gasteiger partial charge >= 0.3 is 0 Å². The monoisotopic (exact) mass is 368 g/mol. The second-order valence-electron chi connectivity index (χ2n) is 9.01. The van der Waals surface area contributed by atoms with Gasteiger partial charge in [0.2, 0.25) is 0 Å². The molecule has 0 heterocycles. The Balaban J connectivity index is 2.30. The summed E-state index contributed by atoms with van der Waals surface area (Å²) in [4.78, 5) is 0. The smallest absolute Gasteiger partial charge is 0.119 e. The molecule has 0 aliphatic rings. The van der Waals surface area contributed by atoms with Crippen molar-refractivity contribution in [3.63, 3.8) is 0 Å². The Bertz CT molecular complexity index is 699. The van der Waals surface area contributed by atoms with Crippen LogP contribution in [-0.4, -0.2) is 10.2 Å². The molecule has 27 heavy (non-hydrogen) atoms. The number of rotatable bonds is 8. The number of aromatic hydroxyl groups is 2. The zero-order valence-corrected chi connectivity index (χ0v) is 17.8. The molecule has 0 fully saturated rings. The van der Waals surface area contributed by atoms with E-state index >= 15 is 0 Å². The maximum Gasteiger partial charge on any atom is 0.119 e. The number of hydrogen-bond acceptors (Lipinski definition) is 2. The van der Waals surface area contributed by atoms with Gasteiger partial charge in [0.25, 0.3) is 0 Å². The highest BCUT2D eigenvalue weighted by Gasteiger charge is 2.25. The van der Waals surface area contributed by atoms with Gasteiger partial charge in [-0.25, -0.2) is 0 Å². The molecule has 0 saturated carbocycles. The van der Waals surface area contributed by atoms with E-state index in [1.807, 2.05) is 12.1 Å². The van der Waals surface area contributed by atoms with E-state index in [4.69, 9.17) is 0 Å². The normalized spacial score (nSPS) is 12.1. The average Bonchev–Trinajstić information content (AvgIpc) is 2.58. The highest BCUT2D eigenvalue weighted by molar-refractivity contribution is 5.40. The third kappa shape index (κ3) is 5.51. The molecule has 2 rings (SSSR count). The molecule has 0 unspecified atom stereocenters. The molecule has 0 saturated heterocycles. The van der Waals surface area contributed by atoms with Gasteiger partial charge in [0, 0.05) is 0 Å². The molecule has 0 aromatic heterocycles. The molecule has 0 radical (unpaired) electrons. The van der Waals surface area contributed by atoms with Crippen LogP contribution in [-0.2, 0) is 12.8 Å². The van der Waals surface area contributed by atoms with Crippen LogP contribution in [0, 0.1) is 5.41 Å². The van der Waals surface area contributed by atoms with Crippen LogP contribution in [0.2, 0.25) is 0 Å². The number of benzene rings is 2. The summed E-state index contributed by atoms with van der Waals surface area (Å²) in [6.07, 6.45) is 4.25. The zero-order valence-electron chi connectivity index (χ0n) is 17.8. The standard InChI is InChI=1S/C25H36O2/c1-7-12-25(6,15-19-8-10-23(26)21(13-19)17(2)3)16-20-9-11-24(27)22(14-20)18(4)5/h8-11,13-14,17-18,26-27H,7,12,15-16H2,1-6H3. The molecule has 0 spiro atoms. The maximum absolute atomic E-state index is 10.1. The van der Waals surface area contributed by atoms with Crippen LogP contribution in [0.5, 0.6) is 11.5 Å². The quantitative estimate of drug-likeness (QED) is 0.530. The third-order valence-electron chi connectivity index (χ3n) is 5.54. The van der Waals surface area contributed by atoms with E-state index in [-0.39, 0.29) is 5.41 Å². The van der Waals surface area contributed by atoms with Crippen LogP contribution in [0.25, 0.3) is 0 Å². The van der Waals surface area contributed by atoms with Gasteiger partial charge in [0.15, 0.2) is 0 Å².